The molecule has 1 rings (SSSR count). The molecule has 1 atom stereocenters. The second-order valence-electron chi connectivity index (χ2n) is 6.27. The molecule has 0 aromatic carbocycles. The number of nitrogens with one attached hydrogen (secondary N) is 1. The summed E-state index contributed by atoms with van der Waals surface area (Å²) in [5.41, 5.74) is 5.73. The number of hydrogen-bond acceptors (Lipinski definition) is 3. The Labute approximate surface area is 122 Å². The minimum absolute atomic E-state index is 0.0418. The van der Waals surface area contributed by atoms with Crippen molar-refractivity contribution in [1.29, 1.82) is 0 Å². The average molecular weight is 283 g/mol. The highest BCUT2D eigenvalue weighted by Crippen LogP contribution is 2.23. The van der Waals surface area contributed by atoms with Crippen LogP contribution in [-0.2, 0) is 9.59 Å². The van der Waals surface area contributed by atoms with Crippen LogP contribution in [0.1, 0.15) is 46.0 Å². The second kappa shape index (κ2) is 8.25. The molecular formula is C15H29N3O2. The summed E-state index contributed by atoms with van der Waals surface area (Å²) in [5, 5.41) is 2.63. The smallest absolute Gasteiger partial charge is 0.241 e. The molecule has 0 bridgehead atoms. The molecule has 1 fully saturated rings. The lowest BCUT2D eigenvalue weighted by Gasteiger charge is -2.27. The standard InChI is InChI=1S/C15H29N3O2/c1-11(2)14(16)15(20)17-9-13(19)18(3)10-12-7-5-4-6-8-12/h11-12,14H,4-10,16H2,1-3H3,(H,17,20)/t14-/m0/s1. The van der Waals surface area contributed by atoms with Gasteiger partial charge in [0.1, 0.15) is 0 Å². The van der Waals surface area contributed by atoms with Crippen LogP contribution in [-0.4, -0.2) is 42.9 Å². The maximum absolute atomic E-state index is 12.0. The number of rotatable bonds is 6. The summed E-state index contributed by atoms with van der Waals surface area (Å²) in [6.45, 7) is 4.62. The van der Waals surface area contributed by atoms with Crippen molar-refractivity contribution in [3.8, 4) is 0 Å². The molecule has 5 heteroatoms. The zero-order valence-electron chi connectivity index (χ0n) is 13.0. The van der Waals surface area contributed by atoms with Crippen LogP contribution < -0.4 is 11.1 Å². The SMILES string of the molecule is CC(C)[C@H](N)C(=O)NCC(=O)N(C)CC1CCCCC1. The molecular weight excluding hydrogens is 254 g/mol. The summed E-state index contributed by atoms with van der Waals surface area (Å²) >= 11 is 0. The Morgan fingerprint density at radius 2 is 1.85 bits per heavy atom. The monoisotopic (exact) mass is 283 g/mol. The van der Waals surface area contributed by atoms with E-state index >= 15 is 0 Å². The number of carbonyl (C=O) groups excluding carboxylic acids is 2. The van der Waals surface area contributed by atoms with Crippen LogP contribution in [0.5, 0.6) is 0 Å². The summed E-state index contributed by atoms with van der Waals surface area (Å²) in [5.74, 6) is 0.399. The summed E-state index contributed by atoms with van der Waals surface area (Å²) in [6, 6.07) is -0.550. The highest BCUT2D eigenvalue weighted by Gasteiger charge is 2.20. The fourth-order valence-electron chi connectivity index (χ4n) is 2.58. The molecule has 1 aliphatic carbocycles. The van der Waals surface area contributed by atoms with Crippen molar-refractivity contribution in [1.82, 2.24) is 10.2 Å². The van der Waals surface area contributed by atoms with Crippen LogP contribution >= 0.6 is 0 Å². The van der Waals surface area contributed by atoms with E-state index in [0.29, 0.717) is 5.92 Å². The van der Waals surface area contributed by atoms with E-state index < -0.39 is 6.04 Å². The van der Waals surface area contributed by atoms with Crippen LogP contribution in [0.15, 0.2) is 0 Å². The molecule has 0 aliphatic heterocycles. The first kappa shape index (κ1) is 17.0. The van der Waals surface area contributed by atoms with Gasteiger partial charge in [-0.25, -0.2) is 0 Å². The molecule has 20 heavy (non-hydrogen) atoms. The Morgan fingerprint density at radius 1 is 1.25 bits per heavy atom. The van der Waals surface area contributed by atoms with Gasteiger partial charge in [0.05, 0.1) is 12.6 Å². The van der Waals surface area contributed by atoms with Gasteiger partial charge in [0, 0.05) is 13.6 Å². The maximum Gasteiger partial charge on any atom is 0.241 e. The molecule has 0 unspecified atom stereocenters. The predicted octanol–water partition coefficient (Wildman–Crippen LogP) is 1.12. The Kier molecular flexibility index (Phi) is 6.99. The van der Waals surface area contributed by atoms with Crippen molar-refractivity contribution in [3.63, 3.8) is 0 Å². The van der Waals surface area contributed by atoms with Gasteiger partial charge in [-0.3, -0.25) is 9.59 Å². The summed E-state index contributed by atoms with van der Waals surface area (Å²) in [7, 11) is 1.81. The molecule has 3 N–H and O–H groups in total. The van der Waals surface area contributed by atoms with Crippen molar-refractivity contribution in [2.75, 3.05) is 20.1 Å². The zero-order chi connectivity index (χ0) is 15.1. The third kappa shape index (κ3) is 5.49. The first-order valence-electron chi connectivity index (χ1n) is 7.69. The lowest BCUT2D eigenvalue weighted by molar-refractivity contribution is -0.132. The van der Waals surface area contributed by atoms with Gasteiger partial charge in [-0.15, -0.1) is 0 Å². The highest BCUT2D eigenvalue weighted by molar-refractivity contribution is 5.87. The minimum atomic E-state index is -0.550. The topological polar surface area (TPSA) is 75.4 Å². The maximum atomic E-state index is 12.0. The number of carbonyl (C=O) groups is 2. The Balaban J connectivity index is 2.29. The zero-order valence-corrected chi connectivity index (χ0v) is 13.0. The minimum Gasteiger partial charge on any atom is -0.346 e. The molecule has 0 radical (unpaired) electrons. The molecule has 1 saturated carbocycles. The van der Waals surface area contributed by atoms with Crippen LogP contribution in [0.3, 0.4) is 0 Å². The molecule has 1 aliphatic rings. The first-order chi connectivity index (χ1) is 9.41. The highest BCUT2D eigenvalue weighted by atomic mass is 16.2. The fourth-order valence-corrected chi connectivity index (χ4v) is 2.58. The molecule has 0 heterocycles. The van der Waals surface area contributed by atoms with Gasteiger partial charge < -0.3 is 16.0 Å². The lowest BCUT2D eigenvalue weighted by atomic mass is 9.89. The third-order valence-corrected chi connectivity index (χ3v) is 4.12. The fraction of sp³-hybridized carbons (Fsp3) is 0.867. The molecule has 0 aromatic heterocycles. The van der Waals surface area contributed by atoms with Crippen LogP contribution in [0.25, 0.3) is 0 Å². The summed E-state index contributed by atoms with van der Waals surface area (Å²) in [4.78, 5) is 25.4. The Morgan fingerprint density at radius 3 is 2.40 bits per heavy atom. The number of likely N-dealkylation sites (N-methyl/N-ethyl adjacent to an activating group) is 1. The summed E-state index contributed by atoms with van der Waals surface area (Å²) < 4.78 is 0. The quantitative estimate of drug-likeness (QED) is 0.767. The van der Waals surface area contributed by atoms with E-state index in [0.717, 1.165) is 6.54 Å². The Hall–Kier alpha value is -1.10. The van der Waals surface area contributed by atoms with Gasteiger partial charge in [-0.1, -0.05) is 33.1 Å². The van der Waals surface area contributed by atoms with E-state index in [1.807, 2.05) is 20.9 Å². The van der Waals surface area contributed by atoms with E-state index in [2.05, 4.69) is 5.32 Å². The van der Waals surface area contributed by atoms with Crippen molar-refractivity contribution in [2.24, 2.45) is 17.6 Å². The van der Waals surface area contributed by atoms with Crippen molar-refractivity contribution >= 4 is 11.8 Å². The van der Waals surface area contributed by atoms with E-state index in [1.54, 1.807) is 4.90 Å². The number of nitrogens with two attached hydrogens (primary N) is 1. The van der Waals surface area contributed by atoms with Crippen LogP contribution in [0, 0.1) is 11.8 Å². The number of nitrogens with zero attached hydrogens (tertiary/aromatic N) is 1. The first-order valence-corrected chi connectivity index (χ1v) is 7.69. The predicted molar refractivity (Wildman–Crippen MR) is 80.0 cm³/mol. The van der Waals surface area contributed by atoms with E-state index in [1.165, 1.54) is 32.1 Å². The Bertz CT molecular complexity index is 325. The van der Waals surface area contributed by atoms with Crippen LogP contribution in [0.4, 0.5) is 0 Å². The second-order valence-corrected chi connectivity index (χ2v) is 6.27. The van der Waals surface area contributed by atoms with Gasteiger partial charge in [0.15, 0.2) is 0 Å². The molecule has 2 amide bonds. The number of hydrogen-bond donors (Lipinski definition) is 2. The molecule has 0 aromatic rings. The normalized spacial score (nSPS) is 17.9. The lowest BCUT2D eigenvalue weighted by Crippen LogP contribution is -2.47. The van der Waals surface area contributed by atoms with Crippen LogP contribution in [0.2, 0.25) is 0 Å². The molecule has 116 valence electrons. The van der Waals surface area contributed by atoms with Gasteiger partial charge in [-0.05, 0) is 24.7 Å². The molecule has 5 nitrogen and oxygen atoms in total. The van der Waals surface area contributed by atoms with Crippen molar-refractivity contribution in [2.45, 2.75) is 52.0 Å². The van der Waals surface area contributed by atoms with E-state index in [4.69, 9.17) is 5.73 Å². The van der Waals surface area contributed by atoms with E-state index in [-0.39, 0.29) is 24.3 Å². The average Bonchev–Trinajstić information content (AvgIpc) is 2.44. The summed E-state index contributed by atoms with van der Waals surface area (Å²) in [6.07, 6.45) is 6.28. The third-order valence-electron chi connectivity index (χ3n) is 4.12. The molecule has 0 spiro atoms. The largest absolute Gasteiger partial charge is 0.346 e. The van der Waals surface area contributed by atoms with Gasteiger partial charge in [-0.2, -0.15) is 0 Å². The van der Waals surface area contributed by atoms with Gasteiger partial charge >= 0.3 is 0 Å². The molecule has 0 saturated heterocycles. The van der Waals surface area contributed by atoms with Gasteiger partial charge in [0.2, 0.25) is 11.8 Å². The van der Waals surface area contributed by atoms with Crippen molar-refractivity contribution < 1.29 is 9.59 Å². The van der Waals surface area contributed by atoms with E-state index in [9.17, 15) is 9.59 Å². The van der Waals surface area contributed by atoms with Crippen molar-refractivity contribution in [3.05, 3.63) is 0 Å². The van der Waals surface area contributed by atoms with Gasteiger partial charge in [0.25, 0.3) is 0 Å². The number of amides is 2.